The maximum Gasteiger partial charge on any atom is 0.253 e. The smallest absolute Gasteiger partial charge is 0.253 e. The minimum absolute atomic E-state index is 0.0787. The Bertz CT molecular complexity index is 1250. The lowest BCUT2D eigenvalue weighted by molar-refractivity contribution is -0.153. The van der Waals surface area contributed by atoms with Crippen LogP contribution in [-0.2, 0) is 19.1 Å². The Balaban J connectivity index is 1.84. The van der Waals surface area contributed by atoms with E-state index < -0.39 is 35.1 Å². The van der Waals surface area contributed by atoms with Crippen molar-refractivity contribution in [3.63, 3.8) is 0 Å². The van der Waals surface area contributed by atoms with Gasteiger partial charge in [-0.2, -0.15) is 0 Å². The Morgan fingerprint density at radius 3 is 2.20 bits per heavy atom. The third-order valence-corrected chi connectivity index (χ3v) is 10.6. The van der Waals surface area contributed by atoms with Crippen LogP contribution >= 0.6 is 0 Å². The first-order valence-corrected chi connectivity index (χ1v) is 16.8. The van der Waals surface area contributed by atoms with E-state index >= 15 is 4.79 Å². The minimum atomic E-state index is -1.18. The summed E-state index contributed by atoms with van der Waals surface area (Å²) in [5.74, 6) is -2.33. The lowest BCUT2D eigenvalue weighted by Gasteiger charge is -2.41. The molecule has 1 aromatic carbocycles. The molecule has 7 atom stereocenters. The molecule has 3 amide bonds. The topological polar surface area (TPSA) is 93.6 Å². The van der Waals surface area contributed by atoms with Crippen LogP contribution in [0.2, 0.25) is 0 Å². The van der Waals surface area contributed by atoms with Crippen molar-refractivity contribution in [1.82, 2.24) is 9.80 Å². The molecular weight excluding hydrogens is 568 g/mol. The fraction of sp³-hybridized carbons (Fsp3) is 0.639. The molecule has 3 heterocycles. The van der Waals surface area contributed by atoms with Gasteiger partial charge < -0.3 is 29.4 Å². The number of hydrogen-bond acceptors (Lipinski definition) is 6. The van der Waals surface area contributed by atoms with Gasteiger partial charge >= 0.3 is 0 Å². The standard InChI is InChI=1S/C36H54N4O5/c1-9-21-38(22-10-2)32(42)29-30-33(43)40(28(24-41)25(7)12-4)31(36(30)20-19-35(29,8)45-36)34(44)39(23-11-3)27-17-15-26(16-18-27)37(13-5)14-6/h9,11,15-18,25,28-31,41H,1,3,10,12-14,19-24H2,2,4-8H3/t25-,28-,29+,30-,31?,35-,36?/m0/s1. The number of rotatable bonds is 16. The summed E-state index contributed by atoms with van der Waals surface area (Å²) in [6, 6.07) is 6.29. The number of hydrogen-bond donors (Lipinski definition) is 1. The third-order valence-electron chi connectivity index (χ3n) is 10.6. The van der Waals surface area contributed by atoms with Gasteiger partial charge in [-0.1, -0.05) is 39.3 Å². The molecule has 3 aliphatic rings. The molecule has 3 fully saturated rings. The summed E-state index contributed by atoms with van der Waals surface area (Å²) >= 11 is 0. The molecule has 2 unspecified atom stereocenters. The number of anilines is 2. The number of fused-ring (bicyclic) bond motifs is 1. The van der Waals surface area contributed by atoms with E-state index in [9.17, 15) is 14.7 Å². The predicted octanol–water partition coefficient (Wildman–Crippen LogP) is 4.65. The molecule has 2 bridgehead atoms. The molecule has 3 aliphatic heterocycles. The van der Waals surface area contributed by atoms with E-state index in [-0.39, 0.29) is 36.8 Å². The lowest BCUT2D eigenvalue weighted by atomic mass is 9.66. The summed E-state index contributed by atoms with van der Waals surface area (Å²) in [5, 5.41) is 10.7. The van der Waals surface area contributed by atoms with Crippen LogP contribution in [0.1, 0.15) is 67.2 Å². The molecule has 0 saturated carbocycles. The molecule has 4 rings (SSSR count). The van der Waals surface area contributed by atoms with Gasteiger partial charge in [-0.25, -0.2) is 0 Å². The largest absolute Gasteiger partial charge is 0.394 e. The average Bonchev–Trinajstić information content (AvgIpc) is 3.61. The van der Waals surface area contributed by atoms with E-state index in [2.05, 4.69) is 31.9 Å². The van der Waals surface area contributed by atoms with E-state index in [0.717, 1.165) is 25.2 Å². The van der Waals surface area contributed by atoms with Crippen molar-refractivity contribution in [1.29, 1.82) is 0 Å². The van der Waals surface area contributed by atoms with Crippen molar-refractivity contribution in [3.05, 3.63) is 49.6 Å². The first-order chi connectivity index (χ1) is 21.5. The van der Waals surface area contributed by atoms with E-state index in [4.69, 9.17) is 4.74 Å². The zero-order valence-electron chi connectivity index (χ0n) is 28.2. The highest BCUT2D eigenvalue weighted by molar-refractivity contribution is 6.05. The first kappa shape index (κ1) is 34.7. The molecule has 1 aromatic rings. The van der Waals surface area contributed by atoms with Crippen molar-refractivity contribution in [3.8, 4) is 0 Å². The van der Waals surface area contributed by atoms with Gasteiger partial charge in [-0.15, -0.1) is 13.2 Å². The number of likely N-dealkylation sites (tertiary alicyclic amines) is 1. The fourth-order valence-corrected chi connectivity index (χ4v) is 8.14. The van der Waals surface area contributed by atoms with Gasteiger partial charge in [0.25, 0.3) is 5.91 Å². The molecule has 248 valence electrons. The lowest BCUT2D eigenvalue weighted by Crippen LogP contribution is -2.60. The van der Waals surface area contributed by atoms with Crippen molar-refractivity contribution >= 4 is 29.1 Å². The summed E-state index contributed by atoms with van der Waals surface area (Å²) in [5.41, 5.74) is -0.309. The molecule has 45 heavy (non-hydrogen) atoms. The molecule has 1 spiro atoms. The Kier molecular flexibility index (Phi) is 10.9. The number of benzene rings is 1. The Morgan fingerprint density at radius 1 is 1.04 bits per heavy atom. The van der Waals surface area contributed by atoms with Crippen molar-refractivity contribution < 1.29 is 24.2 Å². The Morgan fingerprint density at radius 2 is 1.67 bits per heavy atom. The number of carbonyl (C=O) groups excluding carboxylic acids is 3. The molecule has 9 heteroatoms. The van der Waals surface area contributed by atoms with Crippen molar-refractivity contribution in [2.75, 3.05) is 49.1 Å². The number of amides is 3. The fourth-order valence-electron chi connectivity index (χ4n) is 8.14. The second kappa shape index (κ2) is 14.1. The van der Waals surface area contributed by atoms with Crippen LogP contribution in [0.25, 0.3) is 0 Å². The van der Waals surface area contributed by atoms with Crippen LogP contribution in [0.15, 0.2) is 49.6 Å². The van der Waals surface area contributed by atoms with Gasteiger partial charge in [0.15, 0.2) is 0 Å². The van der Waals surface area contributed by atoms with Gasteiger partial charge in [0.2, 0.25) is 11.8 Å². The second-order valence-electron chi connectivity index (χ2n) is 13.1. The normalized spacial score (nSPS) is 28.0. The Labute approximate surface area is 269 Å². The van der Waals surface area contributed by atoms with Crippen LogP contribution < -0.4 is 9.80 Å². The molecular formula is C36H54N4O5. The van der Waals surface area contributed by atoms with Crippen molar-refractivity contribution in [2.24, 2.45) is 17.8 Å². The summed E-state index contributed by atoms with van der Waals surface area (Å²) in [6.45, 7) is 22.5. The number of aliphatic hydroxyl groups excluding tert-OH is 1. The highest BCUT2D eigenvalue weighted by atomic mass is 16.5. The van der Waals surface area contributed by atoms with E-state index in [0.29, 0.717) is 38.0 Å². The molecule has 9 nitrogen and oxygen atoms in total. The van der Waals surface area contributed by atoms with Gasteiger partial charge in [0.05, 0.1) is 30.1 Å². The zero-order valence-corrected chi connectivity index (χ0v) is 28.2. The maximum absolute atomic E-state index is 15.0. The monoisotopic (exact) mass is 622 g/mol. The van der Waals surface area contributed by atoms with Crippen LogP contribution in [0, 0.1) is 17.8 Å². The number of aliphatic hydroxyl groups is 1. The van der Waals surface area contributed by atoms with E-state index in [1.54, 1.807) is 26.9 Å². The van der Waals surface area contributed by atoms with Gasteiger partial charge in [0, 0.05) is 44.1 Å². The highest BCUT2D eigenvalue weighted by Gasteiger charge is 2.79. The molecule has 0 aromatic heterocycles. The van der Waals surface area contributed by atoms with Gasteiger partial charge in [0.1, 0.15) is 11.6 Å². The quantitative estimate of drug-likeness (QED) is 0.270. The number of carbonyl (C=O) groups is 3. The first-order valence-electron chi connectivity index (χ1n) is 16.8. The van der Waals surface area contributed by atoms with Crippen LogP contribution in [-0.4, -0.2) is 95.2 Å². The maximum atomic E-state index is 15.0. The van der Waals surface area contributed by atoms with Gasteiger partial charge in [-0.05, 0) is 70.2 Å². The molecule has 1 N–H and O–H groups in total. The van der Waals surface area contributed by atoms with E-state index in [1.807, 2.05) is 52.0 Å². The van der Waals surface area contributed by atoms with Gasteiger partial charge in [-0.3, -0.25) is 14.4 Å². The Hall–Kier alpha value is -3.17. The molecule has 0 radical (unpaired) electrons. The molecule has 3 saturated heterocycles. The SMILES string of the molecule is C=CCN(CCC)C(=O)[C@H]1[C@H]2C(=O)N([C@@H](CO)[C@@H](C)CC)C(C(=O)N(CC=C)c3ccc(N(CC)CC)cc3)C23CC[C@]1(C)O3. The average molecular weight is 623 g/mol. The van der Waals surface area contributed by atoms with Crippen molar-refractivity contribution in [2.45, 2.75) is 90.5 Å². The summed E-state index contributed by atoms with van der Waals surface area (Å²) in [6.07, 6.45) is 5.91. The number of ether oxygens (including phenoxy) is 1. The molecule has 0 aliphatic carbocycles. The summed E-state index contributed by atoms with van der Waals surface area (Å²) in [7, 11) is 0. The third kappa shape index (κ3) is 5.82. The van der Waals surface area contributed by atoms with Crippen LogP contribution in [0.3, 0.4) is 0 Å². The van der Waals surface area contributed by atoms with Crippen LogP contribution in [0.4, 0.5) is 11.4 Å². The summed E-state index contributed by atoms with van der Waals surface area (Å²) < 4.78 is 6.90. The highest BCUT2D eigenvalue weighted by Crippen LogP contribution is 2.64. The second-order valence-corrected chi connectivity index (χ2v) is 13.1. The summed E-state index contributed by atoms with van der Waals surface area (Å²) in [4.78, 5) is 51.3. The predicted molar refractivity (Wildman–Crippen MR) is 179 cm³/mol. The minimum Gasteiger partial charge on any atom is -0.394 e. The number of nitrogens with zero attached hydrogens (tertiary/aromatic N) is 4. The van der Waals surface area contributed by atoms with E-state index in [1.165, 1.54) is 0 Å². The zero-order chi connectivity index (χ0) is 33.1. The van der Waals surface area contributed by atoms with Crippen LogP contribution in [0.5, 0.6) is 0 Å².